The van der Waals surface area contributed by atoms with Crippen molar-refractivity contribution < 1.29 is 9.59 Å². The topological polar surface area (TPSA) is 98.2 Å². The van der Waals surface area contributed by atoms with Crippen LogP contribution in [0.5, 0.6) is 0 Å². The first-order valence-electron chi connectivity index (χ1n) is 12.4. The van der Waals surface area contributed by atoms with Gasteiger partial charge >= 0.3 is 0 Å². The second-order valence-electron chi connectivity index (χ2n) is 9.48. The third-order valence-corrected chi connectivity index (χ3v) is 7.45. The Kier molecular flexibility index (Phi) is 7.00. The number of nitrogens with one attached hydrogen (secondary N) is 3. The number of hydrogen-bond donors (Lipinski definition) is 3. The van der Waals surface area contributed by atoms with Crippen LogP contribution in [0.4, 0.5) is 0 Å². The highest BCUT2D eigenvalue weighted by Gasteiger charge is 2.42. The fraction of sp³-hybridized carbons (Fsp3) is 0.481. The Morgan fingerprint density at radius 1 is 1.26 bits per heavy atom. The number of aromatic nitrogens is 1. The average Bonchev–Trinajstić information content (AvgIpc) is 3.25. The summed E-state index contributed by atoms with van der Waals surface area (Å²) in [7, 11) is 0. The molecule has 4 rings (SSSR count). The maximum absolute atomic E-state index is 13.2. The summed E-state index contributed by atoms with van der Waals surface area (Å²) in [6, 6.07) is 9.71. The minimum Gasteiger partial charge on any atom is -0.350 e. The summed E-state index contributed by atoms with van der Waals surface area (Å²) in [5.41, 5.74) is 3.36. The highest BCUT2D eigenvalue weighted by molar-refractivity contribution is 6.00. The second kappa shape index (κ2) is 9.95. The van der Waals surface area contributed by atoms with Gasteiger partial charge in [-0.15, -0.1) is 0 Å². The smallest absolute Gasteiger partial charge is 0.253 e. The van der Waals surface area contributed by atoms with Gasteiger partial charge in [-0.25, -0.2) is 0 Å². The molecule has 1 aromatic heterocycles. The Morgan fingerprint density at radius 2 is 2.03 bits per heavy atom. The van der Waals surface area contributed by atoms with Crippen molar-refractivity contribution in [3.63, 3.8) is 0 Å². The summed E-state index contributed by atoms with van der Waals surface area (Å²) in [5.74, 6) is -0.0837. The van der Waals surface area contributed by atoms with E-state index in [0.29, 0.717) is 18.4 Å². The van der Waals surface area contributed by atoms with Gasteiger partial charge in [0.2, 0.25) is 5.91 Å². The minimum absolute atomic E-state index is 0.00365. The fourth-order valence-electron chi connectivity index (χ4n) is 5.29. The molecule has 1 unspecified atom stereocenters. The first-order chi connectivity index (χ1) is 16.4. The van der Waals surface area contributed by atoms with Crippen molar-refractivity contribution >= 4 is 17.8 Å². The lowest BCUT2D eigenvalue weighted by Crippen LogP contribution is -2.62. The molecule has 0 spiro atoms. The Hall–Kier alpha value is -3.22. The predicted octanol–water partition coefficient (Wildman–Crippen LogP) is 4.66. The number of carbonyl (C=O) groups is 2. The van der Waals surface area contributed by atoms with Crippen molar-refractivity contribution in [1.29, 1.82) is 5.41 Å². The van der Waals surface area contributed by atoms with Crippen LogP contribution in [0.2, 0.25) is 0 Å². The molecule has 0 saturated carbocycles. The predicted molar refractivity (Wildman–Crippen MR) is 132 cm³/mol. The number of pyridine rings is 1. The van der Waals surface area contributed by atoms with E-state index in [9.17, 15) is 9.59 Å². The molecule has 0 bridgehead atoms. The number of aryl methyl sites for hydroxylation is 1. The molecule has 7 heteroatoms. The summed E-state index contributed by atoms with van der Waals surface area (Å²) in [4.78, 5) is 32.3. The molecule has 180 valence electrons. The highest BCUT2D eigenvalue weighted by atomic mass is 16.2. The summed E-state index contributed by atoms with van der Waals surface area (Å²) in [5, 5.41) is 15.1. The van der Waals surface area contributed by atoms with Gasteiger partial charge in [-0.05, 0) is 54.9 Å². The van der Waals surface area contributed by atoms with Crippen molar-refractivity contribution in [2.24, 2.45) is 0 Å². The molecule has 1 aromatic carbocycles. The number of nitrogens with zero attached hydrogens (tertiary/aromatic N) is 2. The zero-order chi connectivity index (χ0) is 24.3. The molecule has 2 amide bonds. The lowest BCUT2D eigenvalue weighted by Gasteiger charge is -2.44. The number of rotatable bonds is 8. The van der Waals surface area contributed by atoms with Gasteiger partial charge in [0, 0.05) is 17.9 Å². The van der Waals surface area contributed by atoms with Crippen molar-refractivity contribution in [3.8, 4) is 0 Å². The van der Waals surface area contributed by atoms with Crippen molar-refractivity contribution in [2.75, 3.05) is 0 Å². The molecule has 1 saturated heterocycles. The number of benzene rings is 1. The van der Waals surface area contributed by atoms with E-state index in [1.165, 1.54) is 11.1 Å². The van der Waals surface area contributed by atoms with E-state index in [0.717, 1.165) is 37.7 Å². The van der Waals surface area contributed by atoms with Gasteiger partial charge in [0.1, 0.15) is 0 Å². The van der Waals surface area contributed by atoms with E-state index >= 15 is 0 Å². The summed E-state index contributed by atoms with van der Waals surface area (Å²) in [6.07, 6.45) is 8.58. The third-order valence-electron chi connectivity index (χ3n) is 7.45. The fourth-order valence-corrected chi connectivity index (χ4v) is 5.29. The van der Waals surface area contributed by atoms with Crippen molar-refractivity contribution in [3.05, 3.63) is 65.0 Å². The van der Waals surface area contributed by atoms with E-state index in [2.05, 4.69) is 34.7 Å². The quantitative estimate of drug-likeness (QED) is 0.533. The lowest BCUT2D eigenvalue weighted by molar-refractivity contribution is -0.132. The maximum atomic E-state index is 13.2. The molecule has 7 nitrogen and oxygen atoms in total. The van der Waals surface area contributed by atoms with E-state index in [1.807, 2.05) is 32.0 Å². The van der Waals surface area contributed by atoms with Crippen LogP contribution in [0.25, 0.3) is 0 Å². The average molecular weight is 462 g/mol. The van der Waals surface area contributed by atoms with Crippen LogP contribution < -0.4 is 10.6 Å². The van der Waals surface area contributed by atoms with Crippen molar-refractivity contribution in [1.82, 2.24) is 20.5 Å². The first kappa shape index (κ1) is 23.9. The number of carbonyl (C=O) groups excluding carboxylic acids is 2. The molecular weight excluding hydrogens is 426 g/mol. The molecule has 1 aliphatic heterocycles. The van der Waals surface area contributed by atoms with Gasteiger partial charge in [-0.2, -0.15) is 0 Å². The number of fused-ring (bicyclic) bond motifs is 1. The summed E-state index contributed by atoms with van der Waals surface area (Å²) < 4.78 is 0. The van der Waals surface area contributed by atoms with Crippen LogP contribution in [-0.4, -0.2) is 33.2 Å². The zero-order valence-corrected chi connectivity index (χ0v) is 20.4. The Bertz CT molecular complexity index is 1060. The minimum atomic E-state index is -0.362. The van der Waals surface area contributed by atoms with Crippen LogP contribution in [0, 0.1) is 5.41 Å². The van der Waals surface area contributed by atoms with E-state index in [1.54, 1.807) is 17.3 Å². The highest BCUT2D eigenvalue weighted by Crippen LogP contribution is 2.34. The molecular formula is C27H35N5O2. The third kappa shape index (κ3) is 4.56. The molecule has 2 atom stereocenters. The van der Waals surface area contributed by atoms with Gasteiger partial charge < -0.3 is 10.6 Å². The standard InChI is InChI=1S/C27H35N5O2/c1-4-9-23(32-24(33)15-27(5-2,6-3)31-26(32)28)19-14-20(17-29-16-19)25(34)30-22-13-12-18-10-7-8-11-21(18)22/h7-8,10-11,14,16-17,22-23H,4-6,9,12-13,15H2,1-3H3,(H2,28,31)(H,30,34)/t22-,23?/m0/s1. The number of hydrogen-bond acceptors (Lipinski definition) is 4. The first-order valence-corrected chi connectivity index (χ1v) is 12.4. The summed E-state index contributed by atoms with van der Waals surface area (Å²) >= 11 is 0. The van der Waals surface area contributed by atoms with Crippen LogP contribution in [-0.2, 0) is 11.2 Å². The van der Waals surface area contributed by atoms with E-state index in [-0.39, 0.29) is 35.4 Å². The molecule has 2 aromatic rings. The monoisotopic (exact) mass is 461 g/mol. The molecule has 34 heavy (non-hydrogen) atoms. The lowest BCUT2D eigenvalue weighted by atomic mass is 9.86. The number of amides is 2. The normalized spacial score (nSPS) is 20.0. The van der Waals surface area contributed by atoms with Crippen LogP contribution in [0.3, 0.4) is 0 Å². The van der Waals surface area contributed by atoms with E-state index < -0.39 is 0 Å². The van der Waals surface area contributed by atoms with Gasteiger partial charge in [0.05, 0.1) is 24.1 Å². The van der Waals surface area contributed by atoms with E-state index in [4.69, 9.17) is 5.41 Å². The Morgan fingerprint density at radius 3 is 2.74 bits per heavy atom. The second-order valence-corrected chi connectivity index (χ2v) is 9.48. The van der Waals surface area contributed by atoms with Gasteiger partial charge in [0.25, 0.3) is 5.91 Å². The van der Waals surface area contributed by atoms with Gasteiger partial charge in [-0.3, -0.25) is 24.9 Å². The molecule has 2 heterocycles. The molecule has 0 radical (unpaired) electrons. The van der Waals surface area contributed by atoms with Crippen LogP contribution in [0.15, 0.2) is 42.7 Å². The molecule has 3 N–H and O–H groups in total. The maximum Gasteiger partial charge on any atom is 0.253 e. The molecule has 1 aliphatic carbocycles. The SMILES string of the molecule is CCCC(c1cncc(C(=O)N[C@H]2CCc3ccccc32)c1)N1C(=N)NC(CC)(CC)CC1=O. The van der Waals surface area contributed by atoms with Gasteiger partial charge in [0.15, 0.2) is 5.96 Å². The number of guanidine groups is 1. The van der Waals surface area contributed by atoms with Crippen molar-refractivity contribution in [2.45, 2.75) is 83.3 Å². The van der Waals surface area contributed by atoms with Gasteiger partial charge in [-0.1, -0.05) is 51.5 Å². The molecule has 2 aliphatic rings. The zero-order valence-electron chi connectivity index (χ0n) is 20.4. The largest absolute Gasteiger partial charge is 0.350 e. The van der Waals surface area contributed by atoms with Crippen LogP contribution in [0.1, 0.15) is 98.4 Å². The Balaban J connectivity index is 1.55. The summed E-state index contributed by atoms with van der Waals surface area (Å²) in [6.45, 7) is 6.15. The molecule has 1 fully saturated rings. The Labute approximate surface area is 201 Å². The van der Waals surface area contributed by atoms with Crippen LogP contribution >= 0.6 is 0 Å².